The Hall–Kier alpha value is -5.46. The Morgan fingerprint density at radius 1 is 0.511 bits per heavy atom. The molecular formula is C34H22F6N2O5. The number of benzene rings is 4. The zero-order valence-electron chi connectivity index (χ0n) is 24.7. The van der Waals surface area contributed by atoms with Crippen LogP contribution >= 0.6 is 0 Å². The first-order valence-electron chi connectivity index (χ1n) is 14.0. The van der Waals surface area contributed by atoms with Crippen molar-refractivity contribution in [3.8, 4) is 22.6 Å². The highest BCUT2D eigenvalue weighted by molar-refractivity contribution is 6.34. The van der Waals surface area contributed by atoms with E-state index in [1.54, 1.807) is 20.8 Å². The Balaban J connectivity index is 1.32. The minimum Gasteiger partial charge on any atom is -0.457 e. The van der Waals surface area contributed by atoms with Crippen molar-refractivity contribution < 1.29 is 50.3 Å². The summed E-state index contributed by atoms with van der Waals surface area (Å²) in [6, 6.07) is 14.0. The second-order valence-electron chi connectivity index (χ2n) is 11.9. The molecule has 0 unspecified atom stereocenters. The van der Waals surface area contributed by atoms with Gasteiger partial charge in [0.15, 0.2) is 0 Å². The number of amides is 4. The van der Waals surface area contributed by atoms with Gasteiger partial charge in [0.25, 0.3) is 23.6 Å². The molecule has 2 heterocycles. The summed E-state index contributed by atoms with van der Waals surface area (Å²) in [4.78, 5) is 54.0. The highest BCUT2D eigenvalue weighted by Gasteiger charge is 2.43. The van der Waals surface area contributed by atoms with Crippen LogP contribution in [0.4, 0.5) is 32.0 Å². The zero-order chi connectivity index (χ0) is 34.2. The van der Waals surface area contributed by atoms with Gasteiger partial charge in [-0.15, -0.1) is 0 Å². The molecule has 240 valence electrons. The number of nitrogens with zero attached hydrogens (tertiary/aromatic N) is 2. The van der Waals surface area contributed by atoms with Crippen molar-refractivity contribution >= 4 is 29.3 Å². The van der Waals surface area contributed by atoms with E-state index in [2.05, 4.69) is 0 Å². The van der Waals surface area contributed by atoms with Gasteiger partial charge >= 0.3 is 12.4 Å². The lowest BCUT2D eigenvalue weighted by atomic mass is 9.94. The first-order valence-corrected chi connectivity index (χ1v) is 14.0. The van der Waals surface area contributed by atoms with Crippen molar-refractivity contribution in [3.63, 3.8) is 0 Å². The van der Waals surface area contributed by atoms with Crippen LogP contribution in [0.5, 0.6) is 11.5 Å². The standard InChI is InChI=1S/C34H22F6N2O5/c1-32(2,3)42-30(45)23-13-10-19(16-25(23)31(42)46)47-18-9-12-22-24(15-18)29(44)41(28(22)43)17-8-11-21(27(14-17)34(38,39)40)20-6-4-5-7-26(20)33(35,36)37/h4-16H,1-3H3. The number of carbonyl (C=O) groups excluding carboxylic acids is 4. The molecule has 0 aliphatic carbocycles. The van der Waals surface area contributed by atoms with Crippen molar-refractivity contribution in [2.75, 3.05) is 4.90 Å². The Morgan fingerprint density at radius 2 is 0.979 bits per heavy atom. The molecule has 0 radical (unpaired) electrons. The van der Waals surface area contributed by atoms with E-state index in [0.29, 0.717) is 17.0 Å². The van der Waals surface area contributed by atoms with Gasteiger partial charge < -0.3 is 4.74 Å². The number of rotatable bonds is 4. The van der Waals surface area contributed by atoms with Crippen LogP contribution in [-0.4, -0.2) is 34.1 Å². The minimum absolute atomic E-state index is 0.0474. The van der Waals surface area contributed by atoms with Gasteiger partial charge in [0.1, 0.15) is 11.5 Å². The Labute approximate surface area is 263 Å². The van der Waals surface area contributed by atoms with Gasteiger partial charge in [-0.3, -0.25) is 24.1 Å². The predicted molar refractivity (Wildman–Crippen MR) is 156 cm³/mol. The lowest BCUT2D eigenvalue weighted by molar-refractivity contribution is -0.139. The number of imide groups is 2. The maximum absolute atomic E-state index is 14.2. The van der Waals surface area contributed by atoms with E-state index in [0.717, 1.165) is 29.2 Å². The fourth-order valence-electron chi connectivity index (χ4n) is 5.65. The number of ether oxygens (including phenoxy) is 1. The minimum atomic E-state index is -5.14. The highest BCUT2D eigenvalue weighted by atomic mass is 19.4. The van der Waals surface area contributed by atoms with Crippen LogP contribution < -0.4 is 9.64 Å². The quantitative estimate of drug-likeness (QED) is 0.163. The van der Waals surface area contributed by atoms with Gasteiger partial charge in [0.05, 0.1) is 39.1 Å². The molecule has 6 rings (SSSR count). The largest absolute Gasteiger partial charge is 0.457 e. The number of halogens is 6. The summed E-state index contributed by atoms with van der Waals surface area (Å²) in [5.74, 6) is -2.72. The summed E-state index contributed by atoms with van der Waals surface area (Å²) < 4.78 is 89.4. The van der Waals surface area contributed by atoms with Gasteiger partial charge in [-0.25, -0.2) is 4.90 Å². The maximum Gasteiger partial charge on any atom is 0.417 e. The molecule has 0 atom stereocenters. The summed E-state index contributed by atoms with van der Waals surface area (Å²) in [6.45, 7) is 5.14. The smallest absolute Gasteiger partial charge is 0.417 e. The van der Waals surface area contributed by atoms with E-state index in [-0.39, 0.29) is 33.8 Å². The summed E-state index contributed by atoms with van der Waals surface area (Å²) in [6.07, 6.45) is -10.1. The number of carbonyl (C=O) groups is 4. The number of fused-ring (bicyclic) bond motifs is 2. The molecule has 0 aromatic heterocycles. The molecule has 2 aliphatic rings. The fourth-order valence-corrected chi connectivity index (χ4v) is 5.65. The van der Waals surface area contributed by atoms with Crippen LogP contribution in [-0.2, 0) is 12.4 Å². The van der Waals surface area contributed by atoms with Crippen LogP contribution in [0.1, 0.15) is 73.3 Å². The summed E-state index contributed by atoms with van der Waals surface area (Å²) >= 11 is 0. The molecule has 0 spiro atoms. The first-order chi connectivity index (χ1) is 21.9. The van der Waals surface area contributed by atoms with Gasteiger partial charge in [-0.05, 0) is 86.5 Å². The Morgan fingerprint density at radius 3 is 1.55 bits per heavy atom. The third-order valence-corrected chi connectivity index (χ3v) is 7.71. The fraction of sp³-hybridized carbons (Fsp3) is 0.176. The molecule has 4 aromatic carbocycles. The maximum atomic E-state index is 14.2. The molecule has 7 nitrogen and oxygen atoms in total. The predicted octanol–water partition coefficient (Wildman–Crippen LogP) is 8.38. The molecule has 0 saturated heterocycles. The van der Waals surface area contributed by atoms with E-state index in [4.69, 9.17) is 4.74 Å². The topological polar surface area (TPSA) is 84.0 Å². The molecular weight excluding hydrogens is 630 g/mol. The van der Waals surface area contributed by atoms with Crippen molar-refractivity contribution in [3.05, 3.63) is 112 Å². The summed E-state index contributed by atoms with van der Waals surface area (Å²) in [5, 5.41) is 0. The number of hydrogen-bond donors (Lipinski definition) is 0. The molecule has 0 N–H and O–H groups in total. The molecule has 4 amide bonds. The van der Waals surface area contributed by atoms with Crippen molar-refractivity contribution in [2.45, 2.75) is 38.7 Å². The number of hydrogen-bond acceptors (Lipinski definition) is 5. The van der Waals surface area contributed by atoms with E-state index >= 15 is 0 Å². The highest BCUT2D eigenvalue weighted by Crippen LogP contribution is 2.45. The number of alkyl halides is 6. The van der Waals surface area contributed by atoms with Gasteiger partial charge in [-0.1, -0.05) is 24.3 Å². The average Bonchev–Trinajstić information content (AvgIpc) is 3.39. The van der Waals surface area contributed by atoms with Crippen LogP contribution in [0.2, 0.25) is 0 Å². The average molecular weight is 653 g/mol. The second-order valence-corrected chi connectivity index (χ2v) is 11.9. The zero-order valence-corrected chi connectivity index (χ0v) is 24.7. The van der Waals surface area contributed by atoms with Gasteiger partial charge in [0, 0.05) is 5.54 Å². The van der Waals surface area contributed by atoms with E-state index in [9.17, 15) is 45.5 Å². The second kappa shape index (κ2) is 10.5. The SMILES string of the molecule is CC(C)(C)N1C(=O)c2ccc(Oc3ccc4c(c3)C(=O)N(c3ccc(-c5ccccc5C(F)(F)F)c(C(F)(F)F)c3)C4=O)cc2C1=O. The first kappa shape index (κ1) is 31.5. The van der Waals surface area contributed by atoms with Crippen molar-refractivity contribution in [1.29, 1.82) is 0 Å². The lowest BCUT2D eigenvalue weighted by Crippen LogP contribution is -2.45. The molecule has 0 fully saturated rings. The Bertz CT molecular complexity index is 2030. The molecule has 0 saturated carbocycles. The summed E-state index contributed by atoms with van der Waals surface area (Å²) in [5.41, 5.74) is -5.55. The van der Waals surface area contributed by atoms with Crippen LogP contribution in [0.3, 0.4) is 0 Å². The third-order valence-electron chi connectivity index (χ3n) is 7.71. The molecule has 2 aliphatic heterocycles. The van der Waals surface area contributed by atoms with E-state index < -0.39 is 69.5 Å². The lowest BCUT2D eigenvalue weighted by Gasteiger charge is -2.29. The van der Waals surface area contributed by atoms with E-state index in [1.165, 1.54) is 42.5 Å². The third kappa shape index (κ3) is 5.30. The molecule has 13 heteroatoms. The molecule has 4 aromatic rings. The van der Waals surface area contributed by atoms with E-state index in [1.807, 2.05) is 0 Å². The van der Waals surface area contributed by atoms with Crippen LogP contribution in [0, 0.1) is 0 Å². The normalized spacial score (nSPS) is 15.0. The van der Waals surface area contributed by atoms with Crippen molar-refractivity contribution in [2.24, 2.45) is 0 Å². The van der Waals surface area contributed by atoms with Crippen LogP contribution in [0.25, 0.3) is 11.1 Å². The van der Waals surface area contributed by atoms with Gasteiger partial charge in [0.2, 0.25) is 0 Å². The van der Waals surface area contributed by atoms with Gasteiger partial charge in [-0.2, -0.15) is 26.3 Å². The Kier molecular flexibility index (Phi) is 7.07. The van der Waals surface area contributed by atoms with Crippen LogP contribution in [0.15, 0.2) is 78.9 Å². The monoisotopic (exact) mass is 652 g/mol. The number of anilines is 1. The molecule has 0 bridgehead atoms. The molecule has 47 heavy (non-hydrogen) atoms. The van der Waals surface area contributed by atoms with Crippen molar-refractivity contribution in [1.82, 2.24) is 4.90 Å². The summed E-state index contributed by atoms with van der Waals surface area (Å²) in [7, 11) is 0.